The fourth-order valence-electron chi connectivity index (χ4n) is 0.657. The zero-order valence-corrected chi connectivity index (χ0v) is 5.65. The highest BCUT2D eigenvalue weighted by molar-refractivity contribution is 4.98. The lowest BCUT2D eigenvalue weighted by Gasteiger charge is -2.01. The van der Waals surface area contributed by atoms with Gasteiger partial charge in [-0.15, -0.1) is 12.3 Å². The van der Waals surface area contributed by atoms with Gasteiger partial charge in [-0.05, 0) is 12.8 Å². The predicted octanol–water partition coefficient (Wildman–Crippen LogP) is 2.26. The Kier molecular flexibility index (Phi) is 4.45. The van der Waals surface area contributed by atoms with Crippen molar-refractivity contribution in [2.45, 2.75) is 26.7 Å². The molecule has 0 saturated carbocycles. The second kappa shape index (κ2) is 4.71. The van der Waals surface area contributed by atoms with Crippen LogP contribution in [0.25, 0.3) is 0 Å². The molecular weight excluding hydrogens is 96.1 g/mol. The summed E-state index contributed by atoms with van der Waals surface area (Å²) in [6.45, 7) is 4.16. The van der Waals surface area contributed by atoms with Gasteiger partial charge in [-0.3, -0.25) is 0 Å². The van der Waals surface area contributed by atoms with Crippen molar-refractivity contribution in [2.24, 2.45) is 5.92 Å². The van der Waals surface area contributed by atoms with Gasteiger partial charge in [-0.1, -0.05) is 20.3 Å². The molecule has 0 saturated heterocycles. The van der Waals surface area contributed by atoms with Gasteiger partial charge in [0.1, 0.15) is 0 Å². The molecule has 0 N–H and O–H groups in total. The summed E-state index contributed by atoms with van der Waals surface area (Å²) in [6.07, 6.45) is 9.57. The highest BCUT2D eigenvalue weighted by Gasteiger charge is 1.96. The first kappa shape index (κ1) is 7.56. The molecule has 0 aromatic heterocycles. The van der Waals surface area contributed by atoms with E-state index >= 15 is 0 Å². The number of hydrogen-bond acceptors (Lipinski definition) is 0. The zero-order valence-electron chi connectivity index (χ0n) is 5.65. The molecule has 0 aromatic rings. The Labute approximate surface area is 52.3 Å². The third-order valence-electron chi connectivity index (χ3n) is 1.22. The summed E-state index contributed by atoms with van der Waals surface area (Å²) in [6, 6.07) is 0. The molecule has 0 aliphatic rings. The molecular formula is C8H13. The lowest BCUT2D eigenvalue weighted by molar-refractivity contribution is 0.672. The molecule has 1 unspecified atom stereocenters. The third kappa shape index (κ3) is 2.69. The molecule has 8 heavy (non-hydrogen) atoms. The lowest BCUT2D eigenvalue weighted by Crippen LogP contribution is -1.92. The summed E-state index contributed by atoms with van der Waals surface area (Å²) in [4.78, 5) is 0. The largest absolute Gasteiger partial charge is 0.120 e. The average molecular weight is 109 g/mol. The minimum Gasteiger partial charge on any atom is -0.120 e. The van der Waals surface area contributed by atoms with Crippen LogP contribution in [0.2, 0.25) is 0 Å². The summed E-state index contributed by atoms with van der Waals surface area (Å²) < 4.78 is 0. The molecule has 1 atom stereocenters. The predicted molar refractivity (Wildman–Crippen MR) is 37.2 cm³/mol. The molecule has 0 heterocycles. The standard InChI is InChI=1S/C8H13/c1-4-7-8(5-2)6-3/h2,6,8H,4,7H2,1,3H3. The Morgan fingerprint density at radius 2 is 2.38 bits per heavy atom. The van der Waals surface area contributed by atoms with E-state index in [0.29, 0.717) is 5.92 Å². The van der Waals surface area contributed by atoms with Crippen LogP contribution in [0.3, 0.4) is 0 Å². The highest BCUT2D eigenvalue weighted by Crippen LogP contribution is 2.06. The van der Waals surface area contributed by atoms with Crippen molar-refractivity contribution in [3.63, 3.8) is 0 Å². The van der Waals surface area contributed by atoms with Gasteiger partial charge < -0.3 is 0 Å². The van der Waals surface area contributed by atoms with E-state index in [1.165, 1.54) is 6.42 Å². The van der Waals surface area contributed by atoms with Gasteiger partial charge in [-0.2, -0.15) is 0 Å². The Morgan fingerprint density at radius 3 is 2.50 bits per heavy atom. The average Bonchev–Trinajstić information content (AvgIpc) is 1.83. The monoisotopic (exact) mass is 109 g/mol. The summed E-state index contributed by atoms with van der Waals surface area (Å²) >= 11 is 0. The molecule has 0 spiro atoms. The van der Waals surface area contributed by atoms with Gasteiger partial charge >= 0.3 is 0 Å². The van der Waals surface area contributed by atoms with Crippen LogP contribution in [0.4, 0.5) is 0 Å². The van der Waals surface area contributed by atoms with Gasteiger partial charge in [0.2, 0.25) is 0 Å². The SMILES string of the molecule is C#CC([CH]C)CCC. The van der Waals surface area contributed by atoms with Gasteiger partial charge in [-0.25, -0.2) is 0 Å². The van der Waals surface area contributed by atoms with Crippen LogP contribution in [-0.2, 0) is 0 Å². The van der Waals surface area contributed by atoms with Gasteiger partial charge in [0.05, 0.1) is 0 Å². The van der Waals surface area contributed by atoms with E-state index < -0.39 is 0 Å². The maximum atomic E-state index is 5.19. The number of hydrogen-bond donors (Lipinski definition) is 0. The van der Waals surface area contributed by atoms with Gasteiger partial charge in [0.15, 0.2) is 0 Å². The Hall–Kier alpha value is -0.440. The molecule has 0 fully saturated rings. The van der Waals surface area contributed by atoms with Crippen molar-refractivity contribution in [3.05, 3.63) is 6.42 Å². The fourth-order valence-corrected chi connectivity index (χ4v) is 0.657. The molecule has 1 radical (unpaired) electrons. The summed E-state index contributed by atoms with van der Waals surface area (Å²) in [7, 11) is 0. The minimum atomic E-state index is 0.403. The fraction of sp³-hybridized carbons (Fsp3) is 0.625. The molecule has 0 aromatic carbocycles. The Morgan fingerprint density at radius 1 is 1.75 bits per heavy atom. The van der Waals surface area contributed by atoms with Gasteiger partial charge in [0.25, 0.3) is 0 Å². The van der Waals surface area contributed by atoms with Gasteiger partial charge in [0, 0.05) is 5.92 Å². The van der Waals surface area contributed by atoms with E-state index in [-0.39, 0.29) is 0 Å². The van der Waals surface area contributed by atoms with Crippen molar-refractivity contribution in [1.29, 1.82) is 0 Å². The first-order chi connectivity index (χ1) is 3.85. The van der Waals surface area contributed by atoms with Crippen LogP contribution in [0.15, 0.2) is 0 Å². The van der Waals surface area contributed by atoms with Crippen LogP contribution < -0.4 is 0 Å². The van der Waals surface area contributed by atoms with E-state index in [4.69, 9.17) is 6.42 Å². The quantitative estimate of drug-likeness (QED) is 0.488. The van der Waals surface area contributed by atoms with Crippen molar-refractivity contribution in [3.8, 4) is 12.3 Å². The molecule has 0 bridgehead atoms. The lowest BCUT2D eigenvalue weighted by atomic mass is 10.0. The molecule has 0 nitrogen and oxygen atoms in total. The second-order valence-electron chi connectivity index (χ2n) is 1.90. The van der Waals surface area contributed by atoms with Crippen LogP contribution in [0.1, 0.15) is 26.7 Å². The molecule has 45 valence electrons. The van der Waals surface area contributed by atoms with Crippen LogP contribution >= 0.6 is 0 Å². The summed E-state index contributed by atoms with van der Waals surface area (Å²) in [5.41, 5.74) is 0. The van der Waals surface area contributed by atoms with E-state index in [2.05, 4.69) is 19.3 Å². The normalized spacial score (nSPS) is 12.6. The van der Waals surface area contributed by atoms with E-state index in [1.807, 2.05) is 6.92 Å². The van der Waals surface area contributed by atoms with Crippen molar-refractivity contribution < 1.29 is 0 Å². The maximum Gasteiger partial charge on any atom is 0.0228 e. The topological polar surface area (TPSA) is 0 Å². The highest BCUT2D eigenvalue weighted by atomic mass is 14.0. The first-order valence-electron chi connectivity index (χ1n) is 3.10. The smallest absolute Gasteiger partial charge is 0.0228 e. The molecule has 0 amide bonds. The zero-order chi connectivity index (χ0) is 6.41. The minimum absolute atomic E-state index is 0.403. The van der Waals surface area contributed by atoms with Crippen molar-refractivity contribution in [2.75, 3.05) is 0 Å². The number of terminal acetylenes is 1. The third-order valence-corrected chi connectivity index (χ3v) is 1.22. The Balaban J connectivity index is 3.26. The first-order valence-corrected chi connectivity index (χ1v) is 3.10. The summed E-state index contributed by atoms with van der Waals surface area (Å²) in [5.74, 6) is 3.10. The molecule has 0 rings (SSSR count). The van der Waals surface area contributed by atoms with Crippen LogP contribution in [0.5, 0.6) is 0 Å². The van der Waals surface area contributed by atoms with Crippen LogP contribution in [-0.4, -0.2) is 0 Å². The molecule has 0 aliphatic heterocycles. The second-order valence-corrected chi connectivity index (χ2v) is 1.90. The Bertz CT molecular complexity index is 76.5. The van der Waals surface area contributed by atoms with Crippen molar-refractivity contribution in [1.82, 2.24) is 0 Å². The van der Waals surface area contributed by atoms with E-state index in [0.717, 1.165) is 6.42 Å². The van der Waals surface area contributed by atoms with E-state index in [9.17, 15) is 0 Å². The molecule has 0 aliphatic carbocycles. The maximum absolute atomic E-state index is 5.19. The summed E-state index contributed by atoms with van der Waals surface area (Å²) in [5, 5.41) is 0. The number of rotatable bonds is 3. The van der Waals surface area contributed by atoms with Crippen molar-refractivity contribution >= 4 is 0 Å². The van der Waals surface area contributed by atoms with Crippen LogP contribution in [0, 0.1) is 24.7 Å². The molecule has 0 heteroatoms. The van der Waals surface area contributed by atoms with E-state index in [1.54, 1.807) is 0 Å².